The molecular formula is C5H10N4O2S2. The Morgan fingerprint density at radius 3 is 2.54 bits per heavy atom. The molecule has 0 saturated heterocycles. The standard InChI is InChI=1S/C5H10N4O2S2/c1-2-11-5(10)7-4(13)9-8-3(6)12/h2H2,1H3,(H3,6,8,12)(H2,7,9,10,13). The molecule has 0 fully saturated rings. The molecule has 0 heterocycles. The molecule has 8 heteroatoms. The molecule has 13 heavy (non-hydrogen) atoms. The van der Waals surface area contributed by atoms with Gasteiger partial charge in [-0.3, -0.25) is 16.2 Å². The van der Waals surface area contributed by atoms with Crippen molar-refractivity contribution >= 4 is 40.8 Å². The minimum atomic E-state index is -0.635. The number of hydrazine groups is 1. The van der Waals surface area contributed by atoms with Crippen molar-refractivity contribution < 1.29 is 9.53 Å². The molecule has 0 radical (unpaired) electrons. The number of amides is 1. The van der Waals surface area contributed by atoms with E-state index in [4.69, 9.17) is 5.73 Å². The first-order chi connectivity index (χ1) is 6.06. The Balaban J connectivity index is 3.62. The molecule has 0 aliphatic heterocycles. The summed E-state index contributed by atoms with van der Waals surface area (Å²) in [6, 6.07) is 0. The van der Waals surface area contributed by atoms with E-state index in [2.05, 4.69) is 45.3 Å². The maximum absolute atomic E-state index is 10.7. The van der Waals surface area contributed by atoms with E-state index < -0.39 is 6.09 Å². The van der Waals surface area contributed by atoms with Crippen LogP contribution >= 0.6 is 24.4 Å². The number of carbonyl (C=O) groups excluding carboxylic acids is 1. The Bertz CT molecular complexity index is 221. The van der Waals surface area contributed by atoms with Gasteiger partial charge < -0.3 is 10.5 Å². The number of carbonyl (C=O) groups is 1. The van der Waals surface area contributed by atoms with Crippen LogP contribution in [0.4, 0.5) is 4.79 Å². The van der Waals surface area contributed by atoms with E-state index in [0.717, 1.165) is 0 Å². The molecule has 74 valence electrons. The lowest BCUT2D eigenvalue weighted by atomic mass is 10.8. The zero-order chi connectivity index (χ0) is 10.3. The summed E-state index contributed by atoms with van der Waals surface area (Å²) in [5.41, 5.74) is 9.80. The Kier molecular flexibility index (Phi) is 5.81. The summed E-state index contributed by atoms with van der Waals surface area (Å²) in [5.74, 6) is 0. The van der Waals surface area contributed by atoms with Gasteiger partial charge in [0.25, 0.3) is 0 Å². The van der Waals surface area contributed by atoms with Crippen molar-refractivity contribution in [3.8, 4) is 0 Å². The van der Waals surface area contributed by atoms with Crippen molar-refractivity contribution in [2.75, 3.05) is 6.61 Å². The van der Waals surface area contributed by atoms with Gasteiger partial charge in [0.1, 0.15) is 0 Å². The molecular weight excluding hydrogens is 212 g/mol. The van der Waals surface area contributed by atoms with Gasteiger partial charge in [-0.1, -0.05) is 0 Å². The lowest BCUT2D eigenvalue weighted by molar-refractivity contribution is 0.157. The highest BCUT2D eigenvalue weighted by Crippen LogP contribution is 1.75. The van der Waals surface area contributed by atoms with Gasteiger partial charge >= 0.3 is 6.09 Å². The first kappa shape index (κ1) is 11.8. The molecule has 0 aromatic carbocycles. The zero-order valence-electron chi connectivity index (χ0n) is 6.92. The molecule has 0 atom stereocenters. The average molecular weight is 222 g/mol. The number of nitrogens with two attached hydrogens (primary N) is 1. The van der Waals surface area contributed by atoms with Crippen LogP contribution in [0.2, 0.25) is 0 Å². The first-order valence-electron chi connectivity index (χ1n) is 3.35. The molecule has 0 aromatic heterocycles. The average Bonchev–Trinajstić information content (AvgIpc) is 2.01. The minimum absolute atomic E-state index is 0.0213. The summed E-state index contributed by atoms with van der Waals surface area (Å²) in [7, 11) is 0. The number of alkyl carbamates (subject to hydrolysis) is 1. The van der Waals surface area contributed by atoms with Gasteiger partial charge in [-0.15, -0.1) is 0 Å². The number of hydrogen-bond acceptors (Lipinski definition) is 4. The maximum atomic E-state index is 10.7. The zero-order valence-corrected chi connectivity index (χ0v) is 8.55. The molecule has 0 aromatic rings. The first-order valence-corrected chi connectivity index (χ1v) is 4.17. The number of rotatable bonds is 1. The smallest absolute Gasteiger partial charge is 0.413 e. The molecule has 5 N–H and O–H groups in total. The van der Waals surface area contributed by atoms with E-state index in [1.54, 1.807) is 6.92 Å². The third-order valence-electron chi connectivity index (χ3n) is 0.790. The van der Waals surface area contributed by atoms with Crippen molar-refractivity contribution in [1.82, 2.24) is 16.2 Å². The lowest BCUT2D eigenvalue weighted by Gasteiger charge is -2.09. The van der Waals surface area contributed by atoms with E-state index >= 15 is 0 Å². The SMILES string of the molecule is CCOC(=O)NC(=S)NNC(N)=S. The largest absolute Gasteiger partial charge is 0.450 e. The predicted molar refractivity (Wildman–Crippen MR) is 55.8 cm³/mol. The normalized spacial score (nSPS) is 8.38. The van der Waals surface area contributed by atoms with E-state index in [1.807, 2.05) is 0 Å². The lowest BCUT2D eigenvalue weighted by Crippen LogP contribution is -2.50. The van der Waals surface area contributed by atoms with Gasteiger partial charge in [0.05, 0.1) is 6.61 Å². The summed E-state index contributed by atoms with van der Waals surface area (Å²) >= 11 is 9.14. The van der Waals surface area contributed by atoms with Crippen LogP contribution < -0.4 is 21.9 Å². The van der Waals surface area contributed by atoms with Crippen molar-refractivity contribution in [3.63, 3.8) is 0 Å². The molecule has 6 nitrogen and oxygen atoms in total. The van der Waals surface area contributed by atoms with Crippen molar-refractivity contribution in [3.05, 3.63) is 0 Å². The molecule has 0 rings (SSSR count). The van der Waals surface area contributed by atoms with Crippen molar-refractivity contribution in [2.24, 2.45) is 5.73 Å². The highest BCUT2D eigenvalue weighted by Gasteiger charge is 2.02. The number of nitrogens with one attached hydrogen (secondary N) is 3. The van der Waals surface area contributed by atoms with Gasteiger partial charge in [0, 0.05) is 0 Å². The second-order valence-electron chi connectivity index (χ2n) is 1.79. The van der Waals surface area contributed by atoms with Gasteiger partial charge in [0.2, 0.25) is 0 Å². The second-order valence-corrected chi connectivity index (χ2v) is 2.64. The summed E-state index contributed by atoms with van der Waals surface area (Å²) in [6.07, 6.45) is -0.635. The second kappa shape index (κ2) is 6.38. The van der Waals surface area contributed by atoms with Gasteiger partial charge in [-0.05, 0) is 31.4 Å². The van der Waals surface area contributed by atoms with Crippen LogP contribution in [0, 0.1) is 0 Å². The summed E-state index contributed by atoms with van der Waals surface area (Å²) in [5, 5.41) is 2.27. The van der Waals surface area contributed by atoms with Crippen LogP contribution in [0.5, 0.6) is 0 Å². The fourth-order valence-electron chi connectivity index (χ4n) is 0.409. The van der Waals surface area contributed by atoms with E-state index in [-0.39, 0.29) is 16.8 Å². The third-order valence-corrected chi connectivity index (χ3v) is 1.10. The topological polar surface area (TPSA) is 88.4 Å². The molecule has 0 aliphatic rings. The Morgan fingerprint density at radius 1 is 1.46 bits per heavy atom. The van der Waals surface area contributed by atoms with Gasteiger partial charge in [-0.2, -0.15) is 0 Å². The number of hydrogen-bond donors (Lipinski definition) is 4. The van der Waals surface area contributed by atoms with Crippen LogP contribution in [0.25, 0.3) is 0 Å². The van der Waals surface area contributed by atoms with Crippen molar-refractivity contribution in [2.45, 2.75) is 6.92 Å². The molecule has 0 bridgehead atoms. The minimum Gasteiger partial charge on any atom is -0.450 e. The highest BCUT2D eigenvalue weighted by atomic mass is 32.1. The van der Waals surface area contributed by atoms with Crippen LogP contribution in [0.1, 0.15) is 6.92 Å². The maximum Gasteiger partial charge on any atom is 0.413 e. The molecule has 0 spiro atoms. The van der Waals surface area contributed by atoms with Crippen LogP contribution in [-0.2, 0) is 4.74 Å². The Hall–Kier alpha value is -1.15. The van der Waals surface area contributed by atoms with E-state index in [1.165, 1.54) is 0 Å². The highest BCUT2D eigenvalue weighted by molar-refractivity contribution is 7.80. The Morgan fingerprint density at radius 2 is 2.08 bits per heavy atom. The monoisotopic (exact) mass is 222 g/mol. The Labute approximate surface area is 86.2 Å². The number of thiocarbonyl (C=S) groups is 2. The fraction of sp³-hybridized carbons (Fsp3) is 0.400. The van der Waals surface area contributed by atoms with Crippen LogP contribution in [0.15, 0.2) is 0 Å². The van der Waals surface area contributed by atoms with E-state index in [0.29, 0.717) is 0 Å². The summed E-state index contributed by atoms with van der Waals surface area (Å²) in [6.45, 7) is 1.96. The van der Waals surface area contributed by atoms with Gasteiger partial charge in [-0.25, -0.2) is 4.79 Å². The van der Waals surface area contributed by atoms with Gasteiger partial charge in [0.15, 0.2) is 10.2 Å². The van der Waals surface area contributed by atoms with Crippen LogP contribution in [0.3, 0.4) is 0 Å². The van der Waals surface area contributed by atoms with E-state index in [9.17, 15) is 4.79 Å². The summed E-state index contributed by atoms with van der Waals surface area (Å²) < 4.78 is 4.55. The molecule has 0 saturated carbocycles. The quantitative estimate of drug-likeness (QED) is 0.346. The molecule has 0 aliphatic carbocycles. The molecule has 1 amide bonds. The summed E-state index contributed by atoms with van der Waals surface area (Å²) in [4.78, 5) is 10.7. The molecule has 0 unspecified atom stereocenters. The number of ether oxygens (including phenoxy) is 1. The fourth-order valence-corrected chi connectivity index (χ4v) is 0.595. The predicted octanol–water partition coefficient (Wildman–Crippen LogP) is -0.645. The third kappa shape index (κ3) is 7.22. The van der Waals surface area contributed by atoms with Crippen molar-refractivity contribution in [1.29, 1.82) is 0 Å². The van der Waals surface area contributed by atoms with Crippen LogP contribution in [-0.4, -0.2) is 22.9 Å².